The van der Waals surface area contributed by atoms with Crippen LogP contribution in [0, 0.1) is 0 Å². The predicted octanol–water partition coefficient (Wildman–Crippen LogP) is 2.33. The van der Waals surface area contributed by atoms with Gasteiger partial charge >= 0.3 is 0 Å². The first kappa shape index (κ1) is 7.24. The van der Waals surface area contributed by atoms with E-state index < -0.39 is 0 Å². The topological polar surface area (TPSA) is 35.0 Å². The van der Waals surface area contributed by atoms with Crippen molar-refractivity contribution in [1.82, 2.24) is 9.36 Å². The van der Waals surface area contributed by atoms with Crippen molar-refractivity contribution < 1.29 is 4.74 Å². The minimum atomic E-state index is 0.595. The predicted molar refractivity (Wildman–Crippen MR) is 46.4 cm³/mol. The highest BCUT2D eigenvalue weighted by Crippen LogP contribution is 2.18. The number of rotatable bonds is 2. The third kappa shape index (κ3) is 1.60. The molecule has 12 heavy (non-hydrogen) atoms. The molecular weight excluding hydrogens is 172 g/mol. The lowest BCUT2D eigenvalue weighted by molar-refractivity contribution is 0.464. The molecule has 0 atom stereocenters. The number of hydrogen-bond acceptors (Lipinski definition) is 4. The first-order valence-corrected chi connectivity index (χ1v) is 4.27. The quantitative estimate of drug-likeness (QED) is 0.707. The molecule has 0 spiro atoms. The summed E-state index contributed by atoms with van der Waals surface area (Å²) in [6.45, 7) is 0. The summed E-state index contributed by atoms with van der Waals surface area (Å²) in [5, 5.41) is 1.83. The molecule has 2 aromatic heterocycles. The van der Waals surface area contributed by atoms with Crippen LogP contribution in [0.4, 0.5) is 0 Å². The van der Waals surface area contributed by atoms with Gasteiger partial charge < -0.3 is 4.74 Å². The SMILES string of the molecule is c1ccc(Oc2cnsc2)nc1. The molecule has 0 saturated carbocycles. The van der Waals surface area contributed by atoms with Gasteiger partial charge in [-0.1, -0.05) is 6.07 Å². The van der Waals surface area contributed by atoms with E-state index >= 15 is 0 Å². The summed E-state index contributed by atoms with van der Waals surface area (Å²) in [5.74, 6) is 1.33. The van der Waals surface area contributed by atoms with Gasteiger partial charge in [0.05, 0.1) is 11.6 Å². The van der Waals surface area contributed by atoms with Crippen molar-refractivity contribution in [3.8, 4) is 11.6 Å². The first-order valence-electron chi connectivity index (χ1n) is 3.43. The maximum atomic E-state index is 5.36. The van der Waals surface area contributed by atoms with Gasteiger partial charge in [-0.2, -0.15) is 4.37 Å². The van der Waals surface area contributed by atoms with Crippen molar-refractivity contribution >= 4 is 11.5 Å². The molecule has 0 radical (unpaired) electrons. The molecule has 0 saturated heterocycles. The van der Waals surface area contributed by atoms with Gasteiger partial charge in [0.2, 0.25) is 5.88 Å². The highest BCUT2D eigenvalue weighted by Gasteiger charge is 1.96. The van der Waals surface area contributed by atoms with Crippen molar-refractivity contribution in [3.05, 3.63) is 36.0 Å². The molecule has 0 unspecified atom stereocenters. The van der Waals surface area contributed by atoms with Gasteiger partial charge in [0.15, 0.2) is 5.75 Å². The number of aromatic nitrogens is 2. The van der Waals surface area contributed by atoms with Crippen LogP contribution in [0.5, 0.6) is 11.6 Å². The molecule has 0 bridgehead atoms. The monoisotopic (exact) mass is 178 g/mol. The molecule has 0 N–H and O–H groups in total. The third-order valence-corrected chi connectivity index (χ3v) is 1.83. The summed E-state index contributed by atoms with van der Waals surface area (Å²) in [4.78, 5) is 4.01. The molecule has 0 aliphatic carbocycles. The molecular formula is C8H6N2OS. The summed E-state index contributed by atoms with van der Waals surface area (Å²) < 4.78 is 9.26. The van der Waals surface area contributed by atoms with E-state index in [1.165, 1.54) is 11.5 Å². The minimum absolute atomic E-state index is 0.595. The second-order valence-electron chi connectivity index (χ2n) is 2.13. The normalized spacial score (nSPS) is 9.67. The average molecular weight is 178 g/mol. The molecule has 0 amide bonds. The van der Waals surface area contributed by atoms with Gasteiger partial charge in [-0.05, 0) is 17.6 Å². The maximum Gasteiger partial charge on any atom is 0.219 e. The zero-order chi connectivity index (χ0) is 8.23. The lowest BCUT2D eigenvalue weighted by Gasteiger charge is -1.98. The van der Waals surface area contributed by atoms with Crippen molar-refractivity contribution in [1.29, 1.82) is 0 Å². The second kappa shape index (κ2) is 3.32. The van der Waals surface area contributed by atoms with Gasteiger partial charge in [0.25, 0.3) is 0 Å². The number of ether oxygens (including phenoxy) is 1. The summed E-state index contributed by atoms with van der Waals surface area (Å²) in [7, 11) is 0. The standard InChI is InChI=1S/C8H6N2OS/c1-2-4-9-8(3-1)11-7-5-10-12-6-7/h1-6H. The van der Waals surface area contributed by atoms with Crippen LogP contribution in [0.3, 0.4) is 0 Å². The second-order valence-corrected chi connectivity index (χ2v) is 2.79. The van der Waals surface area contributed by atoms with E-state index in [9.17, 15) is 0 Å². The van der Waals surface area contributed by atoms with E-state index in [2.05, 4.69) is 9.36 Å². The fraction of sp³-hybridized carbons (Fsp3) is 0. The lowest BCUT2D eigenvalue weighted by Crippen LogP contribution is -1.83. The summed E-state index contributed by atoms with van der Waals surface area (Å²) in [6, 6.07) is 5.53. The van der Waals surface area contributed by atoms with Crippen LogP contribution >= 0.6 is 11.5 Å². The minimum Gasteiger partial charge on any atom is -0.436 e. The van der Waals surface area contributed by atoms with Gasteiger partial charge in [-0.15, -0.1) is 0 Å². The largest absolute Gasteiger partial charge is 0.436 e. The van der Waals surface area contributed by atoms with E-state index in [-0.39, 0.29) is 0 Å². The molecule has 0 aliphatic heterocycles. The number of hydrogen-bond donors (Lipinski definition) is 0. The van der Waals surface area contributed by atoms with Crippen molar-refractivity contribution in [3.63, 3.8) is 0 Å². The van der Waals surface area contributed by atoms with E-state index in [1.54, 1.807) is 18.5 Å². The smallest absolute Gasteiger partial charge is 0.219 e. The third-order valence-electron chi connectivity index (χ3n) is 1.27. The van der Waals surface area contributed by atoms with Gasteiger partial charge in [-0.3, -0.25) is 0 Å². The van der Waals surface area contributed by atoms with Crippen LogP contribution < -0.4 is 4.74 Å². The van der Waals surface area contributed by atoms with Crippen molar-refractivity contribution in [2.75, 3.05) is 0 Å². The van der Waals surface area contributed by atoms with Crippen molar-refractivity contribution in [2.24, 2.45) is 0 Å². The highest BCUT2D eigenvalue weighted by molar-refractivity contribution is 7.03. The van der Waals surface area contributed by atoms with Crippen LogP contribution in [-0.2, 0) is 0 Å². The highest BCUT2D eigenvalue weighted by atomic mass is 32.1. The molecule has 4 heteroatoms. The van der Waals surface area contributed by atoms with Crippen LogP contribution in [0.25, 0.3) is 0 Å². The molecule has 0 fully saturated rings. The fourth-order valence-electron chi connectivity index (χ4n) is 0.774. The summed E-state index contributed by atoms with van der Waals surface area (Å²) in [6.07, 6.45) is 3.36. The molecule has 2 aromatic rings. The maximum absolute atomic E-state index is 5.36. The van der Waals surface area contributed by atoms with Crippen LogP contribution in [-0.4, -0.2) is 9.36 Å². The van der Waals surface area contributed by atoms with E-state index in [0.717, 1.165) is 5.75 Å². The Morgan fingerprint density at radius 1 is 1.33 bits per heavy atom. The van der Waals surface area contributed by atoms with Crippen LogP contribution in [0.15, 0.2) is 36.0 Å². The molecule has 0 aromatic carbocycles. The zero-order valence-corrected chi connectivity index (χ0v) is 6.99. The van der Waals surface area contributed by atoms with Crippen LogP contribution in [0.1, 0.15) is 0 Å². The number of pyridine rings is 1. The Hall–Kier alpha value is -1.42. The molecule has 2 heterocycles. The Balaban J connectivity index is 2.15. The van der Waals surface area contributed by atoms with E-state index in [1.807, 2.05) is 17.5 Å². The fourth-order valence-corrected chi connectivity index (χ4v) is 1.21. The van der Waals surface area contributed by atoms with Crippen molar-refractivity contribution in [2.45, 2.75) is 0 Å². The average Bonchev–Trinajstić information content (AvgIpc) is 2.59. The van der Waals surface area contributed by atoms with Gasteiger partial charge in [-0.25, -0.2) is 4.98 Å². The molecule has 60 valence electrons. The number of nitrogens with zero attached hydrogens (tertiary/aromatic N) is 2. The summed E-state index contributed by atoms with van der Waals surface area (Å²) in [5.41, 5.74) is 0. The van der Waals surface area contributed by atoms with E-state index in [4.69, 9.17) is 4.74 Å². The molecule has 3 nitrogen and oxygen atoms in total. The zero-order valence-electron chi connectivity index (χ0n) is 6.18. The Bertz CT molecular complexity index is 333. The lowest BCUT2D eigenvalue weighted by atomic mass is 10.5. The first-order chi connectivity index (χ1) is 5.95. The van der Waals surface area contributed by atoms with E-state index in [0.29, 0.717) is 5.88 Å². The van der Waals surface area contributed by atoms with Crippen LogP contribution in [0.2, 0.25) is 0 Å². The Labute approximate surface area is 73.8 Å². The Kier molecular flexibility index (Phi) is 2.00. The van der Waals surface area contributed by atoms with Gasteiger partial charge in [0, 0.05) is 12.3 Å². The Morgan fingerprint density at radius 3 is 3.00 bits per heavy atom. The Morgan fingerprint density at radius 2 is 2.33 bits per heavy atom. The van der Waals surface area contributed by atoms with Gasteiger partial charge in [0.1, 0.15) is 0 Å². The summed E-state index contributed by atoms with van der Waals surface area (Å²) >= 11 is 1.36. The molecule has 2 rings (SSSR count). The molecule has 0 aliphatic rings.